The Kier molecular flexibility index (Phi) is 9.58. The number of nitrogens with zero attached hydrogens (tertiary/aromatic N) is 7. The highest BCUT2D eigenvalue weighted by Gasteiger charge is 2.40. The molecule has 2 aliphatic rings. The summed E-state index contributed by atoms with van der Waals surface area (Å²) in [4.78, 5) is 39.5. The molecule has 3 N–H and O–H groups in total. The minimum atomic E-state index is -0.410. The van der Waals surface area contributed by atoms with E-state index in [0.29, 0.717) is 31.6 Å². The molecule has 13 heteroatoms. The van der Waals surface area contributed by atoms with Gasteiger partial charge in [0.05, 0.1) is 23.5 Å². The molecule has 3 amide bonds. The standard InChI is InChI=1S/C36H48N10O3/c1-35(2,3)28-21-29(40-31(39-28)32(47)37-18-20-44(5)6)41-34(48)38-26-14-15-27(25-12-9-8-11-24(25)26)49-23-13-16-30-42-43-33(46(30)22-23)36(4)17-10-19-45(36)7/h8-9,11-13,16,21-22,26-27H,10,14-15,17-20H2,1-7H3,(H,37,47)(H2,38,39,40,41,48)/t26-,27+,36?/m0/s1. The normalized spacial score (nSPS) is 21.1. The summed E-state index contributed by atoms with van der Waals surface area (Å²) in [5.41, 5.74) is 2.92. The number of amides is 3. The number of fused-ring (bicyclic) bond motifs is 2. The molecule has 4 heterocycles. The summed E-state index contributed by atoms with van der Waals surface area (Å²) in [6.45, 7) is 10.4. The van der Waals surface area contributed by atoms with Crippen LogP contribution in [0.2, 0.25) is 0 Å². The smallest absolute Gasteiger partial charge is 0.320 e. The third-order valence-electron chi connectivity index (χ3n) is 9.66. The Balaban J connectivity index is 1.17. The van der Waals surface area contributed by atoms with Gasteiger partial charge in [-0.1, -0.05) is 45.0 Å². The maximum Gasteiger partial charge on any atom is 0.320 e. The van der Waals surface area contributed by atoms with Gasteiger partial charge in [-0.25, -0.2) is 14.8 Å². The Hall–Kier alpha value is -4.62. The molecule has 1 aliphatic heterocycles. The minimum Gasteiger partial charge on any atom is -0.484 e. The fraction of sp³-hybridized carbons (Fsp3) is 0.500. The van der Waals surface area contributed by atoms with E-state index in [2.05, 4.69) is 65.5 Å². The number of carbonyl (C=O) groups excluding carboxylic acids is 2. The highest BCUT2D eigenvalue weighted by Crippen LogP contribution is 2.40. The number of nitrogens with one attached hydrogen (secondary N) is 3. The molecule has 260 valence electrons. The van der Waals surface area contributed by atoms with Crippen LogP contribution in [0, 0.1) is 0 Å². The molecule has 0 saturated carbocycles. The largest absolute Gasteiger partial charge is 0.484 e. The van der Waals surface area contributed by atoms with Crippen LogP contribution in [0.15, 0.2) is 48.7 Å². The van der Waals surface area contributed by atoms with E-state index in [4.69, 9.17) is 4.74 Å². The average Bonchev–Trinajstić information content (AvgIpc) is 3.64. The van der Waals surface area contributed by atoms with Crippen molar-refractivity contribution in [3.05, 3.63) is 77.1 Å². The second-order valence-electron chi connectivity index (χ2n) is 14.7. The maximum absolute atomic E-state index is 13.4. The van der Waals surface area contributed by atoms with E-state index in [1.807, 2.05) is 76.3 Å². The summed E-state index contributed by atoms with van der Waals surface area (Å²) >= 11 is 0. The molecule has 0 radical (unpaired) electrons. The number of urea groups is 1. The first-order chi connectivity index (χ1) is 23.3. The van der Waals surface area contributed by atoms with Crippen LogP contribution in [0.5, 0.6) is 5.75 Å². The molecule has 1 saturated heterocycles. The Morgan fingerprint density at radius 1 is 1.06 bits per heavy atom. The van der Waals surface area contributed by atoms with Crippen molar-refractivity contribution in [2.75, 3.05) is 46.1 Å². The highest BCUT2D eigenvalue weighted by molar-refractivity contribution is 5.92. The third kappa shape index (κ3) is 7.37. The van der Waals surface area contributed by atoms with Gasteiger partial charge in [-0.05, 0) is 83.6 Å². The summed E-state index contributed by atoms with van der Waals surface area (Å²) in [6, 6.07) is 13.0. The van der Waals surface area contributed by atoms with Gasteiger partial charge in [-0.2, -0.15) is 0 Å². The van der Waals surface area contributed by atoms with Crippen LogP contribution in [0.3, 0.4) is 0 Å². The molecule has 1 aliphatic carbocycles. The predicted octanol–water partition coefficient (Wildman–Crippen LogP) is 4.83. The van der Waals surface area contributed by atoms with E-state index in [-0.39, 0.29) is 40.6 Å². The molecule has 13 nitrogen and oxygen atoms in total. The topological polar surface area (TPSA) is 142 Å². The van der Waals surface area contributed by atoms with Gasteiger partial charge in [0, 0.05) is 24.6 Å². The SMILES string of the molecule is CN(C)CCNC(=O)c1nc(NC(=O)N[C@H]2CC[C@@H](Oc3ccc4nnc(C5(C)CCCN5C)n4c3)c3ccccc32)cc(C(C)(C)C)n1. The Bertz CT molecular complexity index is 1830. The average molecular weight is 669 g/mol. The van der Waals surface area contributed by atoms with Gasteiger partial charge in [0.15, 0.2) is 11.5 Å². The van der Waals surface area contributed by atoms with E-state index in [9.17, 15) is 9.59 Å². The zero-order chi connectivity index (χ0) is 34.9. The van der Waals surface area contributed by atoms with E-state index in [1.165, 1.54) is 0 Å². The van der Waals surface area contributed by atoms with Gasteiger partial charge in [0.25, 0.3) is 5.91 Å². The van der Waals surface area contributed by atoms with Crippen molar-refractivity contribution in [2.24, 2.45) is 0 Å². The van der Waals surface area contributed by atoms with Gasteiger partial charge < -0.3 is 20.3 Å². The summed E-state index contributed by atoms with van der Waals surface area (Å²) in [7, 11) is 6.01. The Morgan fingerprint density at radius 2 is 1.84 bits per heavy atom. The summed E-state index contributed by atoms with van der Waals surface area (Å²) in [5.74, 6) is 1.56. The van der Waals surface area contributed by atoms with Crippen LogP contribution in [0.4, 0.5) is 10.6 Å². The van der Waals surface area contributed by atoms with Gasteiger partial charge >= 0.3 is 6.03 Å². The van der Waals surface area contributed by atoms with Gasteiger partial charge in [-0.15, -0.1) is 10.2 Å². The van der Waals surface area contributed by atoms with Crippen molar-refractivity contribution in [3.63, 3.8) is 0 Å². The second-order valence-corrected chi connectivity index (χ2v) is 14.7. The van der Waals surface area contributed by atoms with Crippen molar-refractivity contribution in [1.29, 1.82) is 0 Å². The van der Waals surface area contributed by atoms with Gasteiger partial charge in [-0.3, -0.25) is 19.4 Å². The lowest BCUT2D eigenvalue weighted by molar-refractivity contribution is 0.0940. The number of hydrogen-bond acceptors (Lipinski definition) is 9. The first-order valence-corrected chi connectivity index (χ1v) is 17.0. The molecular formula is C36H48N10O3. The van der Waals surface area contributed by atoms with Crippen LogP contribution >= 0.6 is 0 Å². The number of ether oxygens (including phenoxy) is 1. The first kappa shape index (κ1) is 34.3. The summed E-state index contributed by atoms with van der Waals surface area (Å²) in [5, 5.41) is 17.9. The van der Waals surface area contributed by atoms with Crippen LogP contribution in [0.25, 0.3) is 5.65 Å². The first-order valence-electron chi connectivity index (χ1n) is 17.0. The minimum absolute atomic E-state index is 0.0191. The lowest BCUT2D eigenvalue weighted by Gasteiger charge is -2.32. The number of hydrogen-bond donors (Lipinski definition) is 3. The quantitative estimate of drug-likeness (QED) is 0.229. The molecule has 1 unspecified atom stereocenters. The van der Waals surface area contributed by atoms with Crippen LogP contribution in [-0.4, -0.2) is 87.1 Å². The fourth-order valence-electron chi connectivity index (χ4n) is 6.66. The Labute approximate surface area is 287 Å². The molecule has 4 aromatic rings. The summed E-state index contributed by atoms with van der Waals surface area (Å²) < 4.78 is 8.68. The van der Waals surface area contributed by atoms with E-state index >= 15 is 0 Å². The molecule has 3 atom stereocenters. The zero-order valence-electron chi connectivity index (χ0n) is 29.6. The predicted molar refractivity (Wildman–Crippen MR) is 188 cm³/mol. The lowest BCUT2D eigenvalue weighted by atomic mass is 9.85. The molecule has 6 rings (SSSR count). The molecular weight excluding hydrogens is 620 g/mol. The maximum atomic E-state index is 13.4. The van der Waals surface area contributed by atoms with E-state index < -0.39 is 6.03 Å². The molecule has 0 spiro atoms. The van der Waals surface area contributed by atoms with Crippen molar-refractivity contribution < 1.29 is 14.3 Å². The van der Waals surface area contributed by atoms with Crippen LogP contribution in [0.1, 0.15) is 98.8 Å². The zero-order valence-corrected chi connectivity index (χ0v) is 29.6. The van der Waals surface area contributed by atoms with E-state index in [0.717, 1.165) is 47.7 Å². The number of likely N-dealkylation sites (N-methyl/N-ethyl adjacent to an activating group) is 1. The monoisotopic (exact) mass is 668 g/mol. The van der Waals surface area contributed by atoms with Crippen LogP contribution in [-0.2, 0) is 11.0 Å². The van der Waals surface area contributed by atoms with Crippen LogP contribution < -0.4 is 20.7 Å². The van der Waals surface area contributed by atoms with Crippen molar-refractivity contribution in [3.8, 4) is 5.75 Å². The number of aromatic nitrogens is 5. The number of rotatable bonds is 9. The molecule has 1 fully saturated rings. The molecule has 0 bridgehead atoms. The third-order valence-corrected chi connectivity index (χ3v) is 9.66. The second kappa shape index (κ2) is 13.7. The van der Waals surface area contributed by atoms with E-state index in [1.54, 1.807) is 6.07 Å². The highest BCUT2D eigenvalue weighted by atomic mass is 16.5. The number of anilines is 1. The number of benzene rings is 1. The number of carbonyl (C=O) groups is 2. The number of likely N-dealkylation sites (tertiary alicyclic amines) is 1. The molecule has 3 aromatic heterocycles. The summed E-state index contributed by atoms with van der Waals surface area (Å²) in [6.07, 6.45) is 5.33. The van der Waals surface area contributed by atoms with Gasteiger partial charge in [0.1, 0.15) is 17.7 Å². The Morgan fingerprint density at radius 3 is 2.55 bits per heavy atom. The molecule has 49 heavy (non-hydrogen) atoms. The number of pyridine rings is 1. The van der Waals surface area contributed by atoms with Crippen molar-refractivity contribution >= 4 is 23.4 Å². The van der Waals surface area contributed by atoms with Crippen molar-refractivity contribution in [1.82, 2.24) is 45.0 Å². The van der Waals surface area contributed by atoms with Gasteiger partial charge in [0.2, 0.25) is 5.82 Å². The lowest BCUT2D eigenvalue weighted by Crippen LogP contribution is -2.37. The fourth-order valence-corrected chi connectivity index (χ4v) is 6.66. The molecule has 1 aromatic carbocycles. The van der Waals surface area contributed by atoms with Crippen molar-refractivity contribution in [2.45, 2.75) is 76.5 Å².